The van der Waals surface area contributed by atoms with E-state index in [1.807, 2.05) is 30.5 Å². The molecule has 0 unspecified atom stereocenters. The van der Waals surface area contributed by atoms with Gasteiger partial charge in [-0.25, -0.2) is 4.98 Å². The maximum Gasteiger partial charge on any atom is 0.225 e. The normalized spacial score (nSPS) is 11.3. The van der Waals surface area contributed by atoms with Crippen LogP contribution in [0.5, 0.6) is 0 Å². The van der Waals surface area contributed by atoms with Crippen LogP contribution in [-0.2, 0) is 0 Å². The molecule has 0 aliphatic carbocycles. The van der Waals surface area contributed by atoms with Gasteiger partial charge in [-0.3, -0.25) is 4.98 Å². The molecule has 0 amide bonds. The predicted molar refractivity (Wildman–Crippen MR) is 108 cm³/mol. The average Bonchev–Trinajstić information content (AvgIpc) is 2.58. The van der Waals surface area contributed by atoms with Gasteiger partial charge in [0, 0.05) is 35.2 Å². The lowest BCUT2D eigenvalue weighted by Crippen LogP contribution is -2.27. The van der Waals surface area contributed by atoms with Crippen molar-refractivity contribution in [3.8, 4) is 11.3 Å². The number of pyridine rings is 1. The Bertz CT molecular complexity index is 898. The highest BCUT2D eigenvalue weighted by Crippen LogP contribution is 2.26. The number of hydrogen-bond donors (Lipinski definition) is 2. The number of hydrogen-bond acceptors (Lipinski definition) is 5. The molecule has 2 aromatic heterocycles. The van der Waals surface area contributed by atoms with Crippen LogP contribution in [0.1, 0.15) is 31.9 Å². The fraction of sp³-hybridized carbons (Fsp3) is 0.286. The highest BCUT2D eigenvalue weighted by atomic mass is 15.2. The molecule has 0 aliphatic rings. The highest BCUT2D eigenvalue weighted by molar-refractivity contribution is 5.68. The van der Waals surface area contributed by atoms with Crippen LogP contribution in [0.25, 0.3) is 11.3 Å². The van der Waals surface area contributed by atoms with Gasteiger partial charge < -0.3 is 10.6 Å². The van der Waals surface area contributed by atoms with E-state index in [1.165, 1.54) is 11.1 Å². The fourth-order valence-corrected chi connectivity index (χ4v) is 2.59. The molecule has 0 aliphatic heterocycles. The highest BCUT2D eigenvalue weighted by Gasteiger charge is 2.14. The summed E-state index contributed by atoms with van der Waals surface area (Å²) >= 11 is 0. The van der Waals surface area contributed by atoms with Crippen molar-refractivity contribution in [2.75, 3.05) is 10.6 Å². The van der Waals surface area contributed by atoms with Crippen LogP contribution >= 0.6 is 0 Å². The molecule has 0 spiro atoms. The zero-order valence-electron chi connectivity index (χ0n) is 16.0. The van der Waals surface area contributed by atoms with Crippen molar-refractivity contribution in [1.82, 2.24) is 15.0 Å². The quantitative estimate of drug-likeness (QED) is 0.687. The fourth-order valence-electron chi connectivity index (χ4n) is 2.59. The zero-order chi connectivity index (χ0) is 18.7. The van der Waals surface area contributed by atoms with Gasteiger partial charge in [0.25, 0.3) is 0 Å². The Labute approximate surface area is 154 Å². The molecule has 26 heavy (non-hydrogen) atoms. The van der Waals surface area contributed by atoms with E-state index in [9.17, 15) is 0 Å². The first-order chi connectivity index (χ1) is 12.3. The smallest absolute Gasteiger partial charge is 0.225 e. The predicted octanol–water partition coefficient (Wildman–Crippen LogP) is 5.11. The summed E-state index contributed by atoms with van der Waals surface area (Å²) in [6, 6.07) is 12.1. The lowest BCUT2D eigenvalue weighted by Gasteiger charge is -2.21. The summed E-state index contributed by atoms with van der Waals surface area (Å²) in [7, 11) is 0. The third-order valence-electron chi connectivity index (χ3n) is 4.04. The maximum atomic E-state index is 4.67. The van der Waals surface area contributed by atoms with Gasteiger partial charge in [0.1, 0.15) is 5.82 Å². The number of aromatic nitrogens is 3. The number of anilines is 3. The molecule has 0 bridgehead atoms. The largest absolute Gasteiger partial charge is 0.350 e. The Balaban J connectivity index is 2.03. The van der Waals surface area contributed by atoms with Crippen LogP contribution in [0, 0.1) is 13.8 Å². The topological polar surface area (TPSA) is 62.7 Å². The lowest BCUT2D eigenvalue weighted by molar-refractivity contribution is 0.626. The number of aryl methyl sites for hydroxylation is 1. The Hall–Kier alpha value is -2.95. The van der Waals surface area contributed by atoms with E-state index in [0.717, 1.165) is 22.8 Å². The molecule has 3 rings (SSSR count). The van der Waals surface area contributed by atoms with Crippen LogP contribution in [-0.4, -0.2) is 20.5 Å². The van der Waals surface area contributed by atoms with E-state index in [0.29, 0.717) is 5.95 Å². The molecule has 2 N–H and O–H groups in total. The SMILES string of the molecule is Cc1cccc(Nc2cc(-c3cccnc3)nc(NC(C)(C)C)n2)c1C. The van der Waals surface area contributed by atoms with Crippen LogP contribution in [0.2, 0.25) is 0 Å². The minimum atomic E-state index is -0.135. The van der Waals surface area contributed by atoms with Gasteiger partial charge in [-0.05, 0) is 63.9 Å². The van der Waals surface area contributed by atoms with Crippen LogP contribution in [0.3, 0.4) is 0 Å². The molecule has 2 heterocycles. The van der Waals surface area contributed by atoms with Gasteiger partial charge in [-0.1, -0.05) is 12.1 Å². The number of nitrogens with zero attached hydrogens (tertiary/aromatic N) is 3. The van der Waals surface area contributed by atoms with Crippen LogP contribution in [0.15, 0.2) is 48.8 Å². The molecule has 0 saturated heterocycles. The minimum Gasteiger partial charge on any atom is -0.350 e. The Morgan fingerprint density at radius 2 is 1.77 bits per heavy atom. The average molecular weight is 347 g/mol. The van der Waals surface area contributed by atoms with Gasteiger partial charge in [-0.2, -0.15) is 4.98 Å². The van der Waals surface area contributed by atoms with Crippen molar-refractivity contribution in [3.63, 3.8) is 0 Å². The van der Waals surface area contributed by atoms with E-state index in [-0.39, 0.29) is 5.54 Å². The third kappa shape index (κ3) is 4.36. The van der Waals surface area contributed by atoms with E-state index >= 15 is 0 Å². The van der Waals surface area contributed by atoms with E-state index in [1.54, 1.807) is 6.20 Å². The molecule has 134 valence electrons. The van der Waals surface area contributed by atoms with E-state index in [2.05, 4.69) is 72.3 Å². The van der Waals surface area contributed by atoms with E-state index < -0.39 is 0 Å². The van der Waals surface area contributed by atoms with Crippen molar-refractivity contribution in [1.29, 1.82) is 0 Å². The molecule has 0 saturated carbocycles. The minimum absolute atomic E-state index is 0.135. The molecule has 0 radical (unpaired) electrons. The van der Waals surface area contributed by atoms with Crippen LogP contribution in [0.4, 0.5) is 17.5 Å². The zero-order valence-corrected chi connectivity index (χ0v) is 16.0. The first kappa shape index (κ1) is 17.9. The molecule has 0 fully saturated rings. The Morgan fingerprint density at radius 1 is 0.962 bits per heavy atom. The standard InChI is InChI=1S/C21H25N5/c1-14-8-6-10-17(15(14)2)23-19-12-18(16-9-7-11-22-13-16)24-20(25-19)26-21(3,4)5/h6-13H,1-5H3,(H2,23,24,25,26). The van der Waals surface area contributed by atoms with Crippen LogP contribution < -0.4 is 10.6 Å². The molecule has 5 nitrogen and oxygen atoms in total. The van der Waals surface area contributed by atoms with Crippen molar-refractivity contribution in [3.05, 3.63) is 59.9 Å². The molecule has 1 aromatic carbocycles. The van der Waals surface area contributed by atoms with Gasteiger partial charge >= 0.3 is 0 Å². The second-order valence-electron chi connectivity index (χ2n) is 7.45. The Morgan fingerprint density at radius 3 is 2.46 bits per heavy atom. The van der Waals surface area contributed by atoms with Crippen molar-refractivity contribution in [2.24, 2.45) is 0 Å². The summed E-state index contributed by atoms with van der Waals surface area (Å²) in [5, 5.41) is 6.80. The lowest BCUT2D eigenvalue weighted by atomic mass is 10.1. The molecular formula is C21H25N5. The second-order valence-corrected chi connectivity index (χ2v) is 7.45. The summed E-state index contributed by atoms with van der Waals surface area (Å²) in [6.07, 6.45) is 3.57. The number of benzene rings is 1. The summed E-state index contributed by atoms with van der Waals surface area (Å²) in [5.41, 5.74) is 5.14. The maximum absolute atomic E-state index is 4.67. The number of nitrogens with one attached hydrogen (secondary N) is 2. The molecule has 5 heteroatoms. The van der Waals surface area contributed by atoms with E-state index in [4.69, 9.17) is 0 Å². The van der Waals surface area contributed by atoms with Crippen molar-refractivity contribution >= 4 is 17.5 Å². The first-order valence-electron chi connectivity index (χ1n) is 8.73. The molecule has 3 aromatic rings. The van der Waals surface area contributed by atoms with Gasteiger partial charge in [0.15, 0.2) is 0 Å². The van der Waals surface area contributed by atoms with Gasteiger partial charge in [-0.15, -0.1) is 0 Å². The van der Waals surface area contributed by atoms with Crippen molar-refractivity contribution in [2.45, 2.75) is 40.2 Å². The van der Waals surface area contributed by atoms with Gasteiger partial charge in [0.05, 0.1) is 5.69 Å². The number of rotatable bonds is 4. The van der Waals surface area contributed by atoms with Gasteiger partial charge in [0.2, 0.25) is 5.95 Å². The van der Waals surface area contributed by atoms with Crippen molar-refractivity contribution < 1.29 is 0 Å². The molecular weight excluding hydrogens is 322 g/mol. The second kappa shape index (κ2) is 7.12. The summed E-state index contributed by atoms with van der Waals surface area (Å²) in [4.78, 5) is 13.5. The monoisotopic (exact) mass is 347 g/mol. The molecule has 0 atom stereocenters. The summed E-state index contributed by atoms with van der Waals surface area (Å²) in [5.74, 6) is 1.34. The summed E-state index contributed by atoms with van der Waals surface area (Å²) < 4.78 is 0. The third-order valence-corrected chi connectivity index (χ3v) is 4.04. The first-order valence-corrected chi connectivity index (χ1v) is 8.73. The Kier molecular flexibility index (Phi) is 4.89. The summed E-state index contributed by atoms with van der Waals surface area (Å²) in [6.45, 7) is 10.5.